The van der Waals surface area contributed by atoms with Crippen molar-refractivity contribution in [3.63, 3.8) is 0 Å². The van der Waals surface area contributed by atoms with Crippen molar-refractivity contribution in [2.75, 3.05) is 23.8 Å². The summed E-state index contributed by atoms with van der Waals surface area (Å²) in [5.74, 6) is 0.0659. The van der Waals surface area contributed by atoms with Gasteiger partial charge in [-0.1, -0.05) is 6.07 Å². The van der Waals surface area contributed by atoms with Gasteiger partial charge in [0.05, 0.1) is 24.5 Å². The van der Waals surface area contributed by atoms with Crippen LogP contribution in [0.1, 0.15) is 31.9 Å². The van der Waals surface area contributed by atoms with E-state index in [-0.39, 0.29) is 18.0 Å². The van der Waals surface area contributed by atoms with Crippen molar-refractivity contribution in [1.82, 2.24) is 20.1 Å². The van der Waals surface area contributed by atoms with Crippen LogP contribution in [0.5, 0.6) is 0 Å². The quantitative estimate of drug-likeness (QED) is 0.658. The highest BCUT2D eigenvalue weighted by atomic mass is 16.2. The summed E-state index contributed by atoms with van der Waals surface area (Å²) in [5.41, 5.74) is 5.23. The number of pyridine rings is 1. The number of likely N-dealkylation sites (N-methyl/N-ethyl adjacent to an activating group) is 1. The molecule has 156 valence electrons. The maximum atomic E-state index is 12.4. The van der Waals surface area contributed by atoms with Gasteiger partial charge in [0.2, 0.25) is 5.91 Å². The van der Waals surface area contributed by atoms with Gasteiger partial charge < -0.3 is 15.5 Å². The molecular weight excluding hydrogens is 376 g/mol. The van der Waals surface area contributed by atoms with Crippen molar-refractivity contribution < 1.29 is 4.79 Å². The van der Waals surface area contributed by atoms with Gasteiger partial charge in [-0.05, 0) is 55.8 Å². The van der Waals surface area contributed by atoms with E-state index in [0.29, 0.717) is 0 Å². The number of carbonyl (C=O) groups excluding carboxylic acids is 1. The number of nitrogens with one attached hydrogen (secondary N) is 2. The van der Waals surface area contributed by atoms with E-state index in [9.17, 15) is 4.79 Å². The number of fused-ring (bicyclic) bond motifs is 1. The van der Waals surface area contributed by atoms with E-state index in [1.807, 2.05) is 41.2 Å². The first-order valence-electron chi connectivity index (χ1n) is 10.3. The van der Waals surface area contributed by atoms with Gasteiger partial charge in [0, 0.05) is 49.4 Å². The van der Waals surface area contributed by atoms with Crippen LogP contribution in [0.3, 0.4) is 0 Å². The Labute approximate surface area is 177 Å². The molecule has 3 heterocycles. The molecule has 2 N–H and O–H groups in total. The van der Waals surface area contributed by atoms with Gasteiger partial charge in [-0.2, -0.15) is 5.10 Å². The number of rotatable bonds is 6. The van der Waals surface area contributed by atoms with E-state index < -0.39 is 0 Å². The highest BCUT2D eigenvalue weighted by Crippen LogP contribution is 2.41. The lowest BCUT2D eigenvalue weighted by atomic mass is 9.89. The monoisotopic (exact) mass is 404 g/mol. The molecule has 0 saturated heterocycles. The Balaban J connectivity index is 1.71. The van der Waals surface area contributed by atoms with Gasteiger partial charge in [0.1, 0.15) is 0 Å². The lowest BCUT2D eigenvalue weighted by molar-refractivity contribution is -0.117. The first-order chi connectivity index (χ1) is 14.6. The van der Waals surface area contributed by atoms with Gasteiger partial charge in [-0.25, -0.2) is 0 Å². The van der Waals surface area contributed by atoms with Crippen LogP contribution in [0.15, 0.2) is 55.1 Å². The first kappa shape index (κ1) is 20.1. The maximum Gasteiger partial charge on any atom is 0.224 e. The standard InChI is InChI=1S/C23H28N6O/c1-16-11-22(27-20-5-4-8-25-14-20)21-12-18(6-7-23(21)29(16)17(2)30)19-13-26-28(15-19)10-9-24-3/h4-8,12-16,22,24,27H,9-11H2,1-3H3/t16-,22+/m0/s1. The molecule has 0 aliphatic carbocycles. The molecular formula is C23H28N6O. The average Bonchev–Trinajstić information content (AvgIpc) is 3.21. The van der Waals surface area contributed by atoms with Crippen LogP contribution in [0.25, 0.3) is 11.1 Å². The van der Waals surface area contributed by atoms with Crippen molar-refractivity contribution in [1.29, 1.82) is 0 Å². The molecule has 2 aromatic heterocycles. The fourth-order valence-corrected chi connectivity index (χ4v) is 4.17. The van der Waals surface area contributed by atoms with Crippen LogP contribution in [0, 0.1) is 0 Å². The van der Waals surface area contributed by atoms with Crippen LogP contribution in [-0.4, -0.2) is 40.3 Å². The molecule has 0 radical (unpaired) electrons. The number of benzene rings is 1. The summed E-state index contributed by atoms with van der Waals surface area (Å²) < 4.78 is 1.95. The van der Waals surface area contributed by atoms with Gasteiger partial charge in [-0.3, -0.25) is 14.5 Å². The molecule has 4 rings (SSSR count). The summed E-state index contributed by atoms with van der Waals surface area (Å²) in [4.78, 5) is 18.5. The number of amides is 1. The third-order valence-corrected chi connectivity index (χ3v) is 5.58. The van der Waals surface area contributed by atoms with Crippen LogP contribution in [0.4, 0.5) is 11.4 Å². The fourth-order valence-electron chi connectivity index (χ4n) is 4.17. The zero-order valence-corrected chi connectivity index (χ0v) is 17.7. The van der Waals surface area contributed by atoms with E-state index in [1.165, 1.54) is 0 Å². The second-order valence-corrected chi connectivity index (χ2v) is 7.78. The minimum absolute atomic E-state index is 0.0659. The summed E-state index contributed by atoms with van der Waals surface area (Å²) in [6.07, 6.45) is 8.39. The Bertz CT molecular complexity index is 1020. The zero-order chi connectivity index (χ0) is 21.1. The van der Waals surface area contributed by atoms with E-state index in [0.717, 1.165) is 47.6 Å². The minimum atomic E-state index is 0.0659. The smallest absolute Gasteiger partial charge is 0.224 e. The molecule has 7 heteroatoms. The fraction of sp³-hybridized carbons (Fsp3) is 0.348. The van der Waals surface area contributed by atoms with E-state index in [1.54, 1.807) is 13.1 Å². The normalized spacial score (nSPS) is 18.2. The van der Waals surface area contributed by atoms with Crippen molar-refractivity contribution in [2.24, 2.45) is 0 Å². The third-order valence-electron chi connectivity index (χ3n) is 5.58. The summed E-state index contributed by atoms with van der Waals surface area (Å²) in [6, 6.07) is 10.5. The second kappa shape index (κ2) is 8.67. The highest BCUT2D eigenvalue weighted by Gasteiger charge is 2.32. The Morgan fingerprint density at radius 2 is 2.10 bits per heavy atom. The molecule has 1 amide bonds. The number of aromatic nitrogens is 3. The Hall–Kier alpha value is -3.19. The predicted molar refractivity (Wildman–Crippen MR) is 119 cm³/mol. The number of hydrogen-bond acceptors (Lipinski definition) is 5. The Morgan fingerprint density at radius 3 is 2.83 bits per heavy atom. The highest BCUT2D eigenvalue weighted by molar-refractivity contribution is 5.94. The number of carbonyl (C=O) groups is 1. The molecule has 7 nitrogen and oxygen atoms in total. The first-order valence-corrected chi connectivity index (χ1v) is 10.3. The van der Waals surface area contributed by atoms with Crippen molar-refractivity contribution in [2.45, 2.75) is 38.9 Å². The molecule has 1 aliphatic rings. The molecule has 2 atom stereocenters. The summed E-state index contributed by atoms with van der Waals surface area (Å²) in [7, 11) is 1.94. The van der Waals surface area contributed by atoms with Crippen LogP contribution < -0.4 is 15.5 Å². The average molecular weight is 405 g/mol. The minimum Gasteiger partial charge on any atom is -0.377 e. The second-order valence-electron chi connectivity index (χ2n) is 7.78. The number of anilines is 2. The van der Waals surface area contributed by atoms with Crippen molar-refractivity contribution in [3.05, 3.63) is 60.7 Å². The zero-order valence-electron chi connectivity index (χ0n) is 17.7. The lowest BCUT2D eigenvalue weighted by Gasteiger charge is -2.39. The number of hydrogen-bond donors (Lipinski definition) is 2. The summed E-state index contributed by atoms with van der Waals surface area (Å²) >= 11 is 0. The molecule has 0 bridgehead atoms. The van der Waals surface area contributed by atoms with Crippen LogP contribution >= 0.6 is 0 Å². The van der Waals surface area contributed by atoms with E-state index in [2.05, 4.69) is 52.0 Å². The molecule has 0 saturated carbocycles. The molecule has 0 unspecified atom stereocenters. The van der Waals surface area contributed by atoms with Crippen LogP contribution in [-0.2, 0) is 11.3 Å². The largest absolute Gasteiger partial charge is 0.377 e. The lowest BCUT2D eigenvalue weighted by Crippen LogP contribution is -2.43. The van der Waals surface area contributed by atoms with Gasteiger partial charge in [-0.15, -0.1) is 0 Å². The van der Waals surface area contributed by atoms with Crippen LogP contribution in [0.2, 0.25) is 0 Å². The van der Waals surface area contributed by atoms with E-state index >= 15 is 0 Å². The topological polar surface area (TPSA) is 75.1 Å². The van der Waals surface area contributed by atoms with Crippen molar-refractivity contribution in [3.8, 4) is 11.1 Å². The maximum absolute atomic E-state index is 12.4. The number of nitrogens with zero attached hydrogens (tertiary/aromatic N) is 4. The molecule has 1 aliphatic heterocycles. The molecule has 0 fully saturated rings. The van der Waals surface area contributed by atoms with Gasteiger partial charge >= 0.3 is 0 Å². The molecule has 0 spiro atoms. The van der Waals surface area contributed by atoms with Gasteiger partial charge in [0.15, 0.2) is 0 Å². The summed E-state index contributed by atoms with van der Waals surface area (Å²) in [6.45, 7) is 5.42. The van der Waals surface area contributed by atoms with Crippen molar-refractivity contribution >= 4 is 17.3 Å². The molecule has 1 aromatic carbocycles. The SMILES string of the molecule is CNCCn1cc(-c2ccc3c(c2)[C@H](Nc2cccnc2)C[C@H](C)N3C(C)=O)cn1. The predicted octanol–water partition coefficient (Wildman–Crippen LogP) is 3.46. The Morgan fingerprint density at radius 1 is 1.23 bits per heavy atom. The molecule has 30 heavy (non-hydrogen) atoms. The van der Waals surface area contributed by atoms with Gasteiger partial charge in [0.25, 0.3) is 0 Å². The molecule has 3 aromatic rings. The third kappa shape index (κ3) is 4.07. The Kier molecular flexibility index (Phi) is 5.81. The summed E-state index contributed by atoms with van der Waals surface area (Å²) in [5, 5.41) is 11.2. The van der Waals surface area contributed by atoms with E-state index in [4.69, 9.17) is 0 Å².